The van der Waals surface area contributed by atoms with Crippen LogP contribution in [0.4, 0.5) is 0 Å². The Hall–Kier alpha value is -1.85. The molecule has 5 heteroatoms. The van der Waals surface area contributed by atoms with E-state index in [0.29, 0.717) is 0 Å². The van der Waals surface area contributed by atoms with Gasteiger partial charge in [-0.1, -0.05) is 24.2 Å². The quantitative estimate of drug-likeness (QED) is 0.687. The zero-order chi connectivity index (χ0) is 18.2. The molecular formula is C21H31N3O2. The van der Waals surface area contributed by atoms with Crippen molar-refractivity contribution in [2.24, 2.45) is 5.92 Å². The number of ether oxygens (including phenoxy) is 1. The Bertz CT molecular complexity index is 644. The fraction of sp³-hybridized carbons (Fsp3) is 0.571. The Morgan fingerprint density at radius 1 is 1.35 bits per heavy atom. The van der Waals surface area contributed by atoms with Crippen molar-refractivity contribution >= 4 is 0 Å². The average Bonchev–Trinajstić information content (AvgIpc) is 3.19. The van der Waals surface area contributed by atoms with E-state index in [9.17, 15) is 0 Å². The van der Waals surface area contributed by atoms with E-state index in [1.54, 1.807) is 13.4 Å². The summed E-state index contributed by atoms with van der Waals surface area (Å²) in [5, 5.41) is 4.05. The maximum atomic E-state index is 5.33. The maximum absolute atomic E-state index is 5.33. The second-order valence-corrected chi connectivity index (χ2v) is 7.23. The van der Waals surface area contributed by atoms with Crippen LogP contribution in [0.5, 0.6) is 5.75 Å². The van der Waals surface area contributed by atoms with Crippen molar-refractivity contribution in [2.75, 3.05) is 39.8 Å². The van der Waals surface area contributed by atoms with Crippen LogP contribution < -0.4 is 4.74 Å². The van der Waals surface area contributed by atoms with E-state index in [1.807, 2.05) is 12.1 Å². The minimum atomic E-state index is 0.737. The Kier molecular flexibility index (Phi) is 7.09. The lowest BCUT2D eigenvalue weighted by Gasteiger charge is -2.35. The van der Waals surface area contributed by atoms with Crippen LogP contribution in [0, 0.1) is 5.92 Å². The van der Waals surface area contributed by atoms with Gasteiger partial charge in [-0.3, -0.25) is 4.90 Å². The molecule has 0 aliphatic carbocycles. The lowest BCUT2D eigenvalue weighted by atomic mass is 9.96. The van der Waals surface area contributed by atoms with E-state index in [0.717, 1.165) is 50.0 Å². The van der Waals surface area contributed by atoms with E-state index in [2.05, 4.69) is 40.1 Å². The number of hydrogen-bond donors (Lipinski definition) is 0. The predicted molar refractivity (Wildman–Crippen MR) is 103 cm³/mol. The fourth-order valence-electron chi connectivity index (χ4n) is 3.84. The molecule has 0 amide bonds. The number of piperidine rings is 1. The highest BCUT2D eigenvalue weighted by atomic mass is 16.5. The lowest BCUT2D eigenvalue weighted by Crippen LogP contribution is -2.41. The van der Waals surface area contributed by atoms with Crippen LogP contribution in [0.3, 0.4) is 0 Å². The highest BCUT2D eigenvalue weighted by Crippen LogP contribution is 2.20. The van der Waals surface area contributed by atoms with Crippen LogP contribution in [-0.4, -0.2) is 54.8 Å². The molecule has 1 unspecified atom stereocenters. The molecule has 1 atom stereocenters. The smallest absolute Gasteiger partial charge is 0.124 e. The van der Waals surface area contributed by atoms with Crippen LogP contribution in [-0.2, 0) is 13.0 Å². The highest BCUT2D eigenvalue weighted by molar-refractivity contribution is 5.28. The van der Waals surface area contributed by atoms with E-state index in [4.69, 9.17) is 9.26 Å². The predicted octanol–water partition coefficient (Wildman–Crippen LogP) is 3.46. The van der Waals surface area contributed by atoms with Gasteiger partial charge in [0, 0.05) is 32.2 Å². The number of aromatic nitrogens is 1. The van der Waals surface area contributed by atoms with E-state index in [-0.39, 0.29) is 0 Å². The molecule has 0 saturated carbocycles. The van der Waals surface area contributed by atoms with Crippen molar-refractivity contribution in [1.82, 2.24) is 15.0 Å². The van der Waals surface area contributed by atoms with Crippen LogP contribution in [0.2, 0.25) is 0 Å². The van der Waals surface area contributed by atoms with Gasteiger partial charge in [-0.15, -0.1) is 0 Å². The second-order valence-electron chi connectivity index (χ2n) is 7.23. The van der Waals surface area contributed by atoms with Crippen molar-refractivity contribution in [1.29, 1.82) is 0 Å². The normalized spacial score (nSPS) is 18.3. The van der Waals surface area contributed by atoms with E-state index < -0.39 is 0 Å². The first-order valence-corrected chi connectivity index (χ1v) is 9.73. The van der Waals surface area contributed by atoms with Crippen LogP contribution in [0.25, 0.3) is 0 Å². The molecule has 0 radical (unpaired) electrons. The molecule has 1 aliphatic heterocycles. The van der Waals surface area contributed by atoms with Gasteiger partial charge in [0.05, 0.1) is 12.8 Å². The fourth-order valence-corrected chi connectivity index (χ4v) is 3.84. The number of methoxy groups -OCH3 is 1. The number of likely N-dealkylation sites (tertiary alicyclic amines) is 1. The monoisotopic (exact) mass is 357 g/mol. The highest BCUT2D eigenvalue weighted by Gasteiger charge is 2.22. The molecular weight excluding hydrogens is 326 g/mol. The Labute approximate surface area is 156 Å². The second kappa shape index (κ2) is 9.74. The molecule has 0 spiro atoms. The Morgan fingerprint density at radius 2 is 2.27 bits per heavy atom. The van der Waals surface area contributed by atoms with Crippen LogP contribution in [0.15, 0.2) is 41.1 Å². The van der Waals surface area contributed by atoms with E-state index >= 15 is 0 Å². The minimum Gasteiger partial charge on any atom is -0.497 e. The molecule has 0 N–H and O–H groups in total. The van der Waals surface area contributed by atoms with Gasteiger partial charge in [-0.2, -0.15) is 0 Å². The molecule has 2 aromatic rings. The molecule has 5 nitrogen and oxygen atoms in total. The summed E-state index contributed by atoms with van der Waals surface area (Å²) in [6.45, 7) is 8.83. The summed E-state index contributed by atoms with van der Waals surface area (Å²) in [7, 11) is 1.73. The van der Waals surface area contributed by atoms with E-state index in [1.165, 1.54) is 31.5 Å². The summed E-state index contributed by atoms with van der Waals surface area (Å²) < 4.78 is 10.3. The third-order valence-corrected chi connectivity index (χ3v) is 5.29. The van der Waals surface area contributed by atoms with Crippen molar-refractivity contribution in [3.63, 3.8) is 0 Å². The molecule has 26 heavy (non-hydrogen) atoms. The molecule has 1 aromatic carbocycles. The minimum absolute atomic E-state index is 0.737. The summed E-state index contributed by atoms with van der Waals surface area (Å²) >= 11 is 0. The van der Waals surface area contributed by atoms with Crippen LogP contribution >= 0.6 is 0 Å². The van der Waals surface area contributed by atoms with Gasteiger partial charge in [0.25, 0.3) is 0 Å². The van der Waals surface area contributed by atoms with Gasteiger partial charge >= 0.3 is 0 Å². The van der Waals surface area contributed by atoms with Crippen molar-refractivity contribution in [3.05, 3.63) is 47.9 Å². The van der Waals surface area contributed by atoms with Gasteiger partial charge in [0.1, 0.15) is 12.0 Å². The summed E-state index contributed by atoms with van der Waals surface area (Å²) in [5.74, 6) is 1.69. The molecule has 1 aliphatic rings. The van der Waals surface area contributed by atoms with Gasteiger partial charge in [0.15, 0.2) is 0 Å². The molecule has 2 heterocycles. The number of rotatable bonds is 9. The first-order chi connectivity index (χ1) is 12.8. The zero-order valence-electron chi connectivity index (χ0n) is 16.1. The Balaban J connectivity index is 1.47. The van der Waals surface area contributed by atoms with Gasteiger partial charge < -0.3 is 14.2 Å². The molecule has 0 bridgehead atoms. The van der Waals surface area contributed by atoms with Gasteiger partial charge in [-0.25, -0.2) is 0 Å². The topological polar surface area (TPSA) is 41.7 Å². The SMILES string of the molecule is CCN(Cc1ccon1)CC1CCCN(CCc2cccc(OC)c2)C1. The third-order valence-electron chi connectivity index (χ3n) is 5.29. The standard InChI is InChI=1S/C21H31N3O2/c1-3-23(17-20-10-13-26-22-20)15-19-7-5-11-24(16-19)12-9-18-6-4-8-21(14-18)25-2/h4,6,8,10,13-14,19H,3,5,7,9,11-12,15-17H2,1-2H3. The summed E-state index contributed by atoms with van der Waals surface area (Å²) in [6, 6.07) is 10.4. The van der Waals surface area contributed by atoms with Gasteiger partial charge in [-0.05, 0) is 56.0 Å². The average molecular weight is 357 g/mol. The third kappa shape index (κ3) is 5.58. The van der Waals surface area contributed by atoms with Crippen molar-refractivity contribution in [2.45, 2.75) is 32.7 Å². The first-order valence-electron chi connectivity index (χ1n) is 9.73. The molecule has 3 rings (SSSR count). The number of hydrogen-bond acceptors (Lipinski definition) is 5. The molecule has 142 valence electrons. The number of nitrogens with zero attached hydrogens (tertiary/aromatic N) is 3. The van der Waals surface area contributed by atoms with Crippen molar-refractivity contribution < 1.29 is 9.26 Å². The van der Waals surface area contributed by atoms with Gasteiger partial charge in [0.2, 0.25) is 0 Å². The molecule has 1 fully saturated rings. The first kappa shape index (κ1) is 18.9. The molecule has 1 aromatic heterocycles. The maximum Gasteiger partial charge on any atom is 0.124 e. The van der Waals surface area contributed by atoms with Crippen molar-refractivity contribution in [3.8, 4) is 5.75 Å². The summed E-state index contributed by atoms with van der Waals surface area (Å²) in [6.07, 6.45) is 5.36. The van der Waals surface area contributed by atoms with Crippen LogP contribution in [0.1, 0.15) is 31.0 Å². The summed E-state index contributed by atoms with van der Waals surface area (Å²) in [5.41, 5.74) is 2.38. The zero-order valence-corrected chi connectivity index (χ0v) is 16.1. The largest absolute Gasteiger partial charge is 0.497 e. The summed E-state index contributed by atoms with van der Waals surface area (Å²) in [4.78, 5) is 5.10. The lowest BCUT2D eigenvalue weighted by molar-refractivity contribution is 0.132. The Morgan fingerprint density at radius 3 is 3.04 bits per heavy atom. The number of benzene rings is 1. The molecule has 1 saturated heterocycles.